The number of sulfonamides is 1. The van der Waals surface area contributed by atoms with Crippen molar-refractivity contribution in [2.45, 2.75) is 69.9 Å². The molecule has 2 atom stereocenters. The Balaban J connectivity index is 2.11. The average molecular weight is 442 g/mol. The normalized spacial score (nSPS) is 19.4. The van der Waals surface area contributed by atoms with Gasteiger partial charge in [-0.25, -0.2) is 13.2 Å². The monoisotopic (exact) mass is 441 g/mol. The Labute approximate surface area is 185 Å². The number of carboxylic acid groups (broad SMARTS) is 1. The van der Waals surface area contributed by atoms with E-state index in [9.17, 15) is 18.3 Å². The number of carbonyl (C=O) groups is 1. The lowest BCUT2D eigenvalue weighted by Gasteiger charge is -2.31. The molecule has 0 bridgehead atoms. The van der Waals surface area contributed by atoms with E-state index < -0.39 is 28.1 Å². The second-order valence-corrected chi connectivity index (χ2v) is 9.98. The van der Waals surface area contributed by atoms with Crippen LogP contribution in [0.4, 0.5) is 0 Å². The largest absolute Gasteiger partial charge is 0.478 e. The van der Waals surface area contributed by atoms with Gasteiger partial charge < -0.3 is 5.11 Å². The summed E-state index contributed by atoms with van der Waals surface area (Å²) in [5.74, 6) is -1.08. The summed E-state index contributed by atoms with van der Waals surface area (Å²) in [7, 11) is -3.90. The second kappa shape index (κ2) is 9.79. The Morgan fingerprint density at radius 3 is 2.19 bits per heavy atom. The number of aliphatic carboxylic acids is 1. The summed E-state index contributed by atoms with van der Waals surface area (Å²) < 4.78 is 28.9. The van der Waals surface area contributed by atoms with Gasteiger partial charge in [-0.1, -0.05) is 81.1 Å². The molecule has 5 nitrogen and oxygen atoms in total. The maximum atomic E-state index is 13.8. The molecular formula is C25H31NO4S. The summed E-state index contributed by atoms with van der Waals surface area (Å²) in [5.41, 5.74) is 2.90. The van der Waals surface area contributed by atoms with Gasteiger partial charge in [-0.15, -0.1) is 0 Å². The Bertz CT molecular complexity index is 1040. The van der Waals surface area contributed by atoms with Crippen molar-refractivity contribution in [1.82, 2.24) is 4.31 Å². The highest BCUT2D eigenvalue weighted by atomic mass is 32.2. The molecule has 0 fully saturated rings. The lowest BCUT2D eigenvalue weighted by atomic mass is 9.99. The van der Waals surface area contributed by atoms with Crippen LogP contribution in [-0.2, 0) is 21.2 Å². The van der Waals surface area contributed by atoms with Crippen LogP contribution in [0.3, 0.4) is 0 Å². The van der Waals surface area contributed by atoms with Gasteiger partial charge in [-0.05, 0) is 43.0 Å². The molecule has 3 rings (SSSR count). The maximum absolute atomic E-state index is 13.8. The Morgan fingerprint density at radius 1 is 1.00 bits per heavy atom. The van der Waals surface area contributed by atoms with Crippen LogP contribution in [0.2, 0.25) is 0 Å². The molecule has 31 heavy (non-hydrogen) atoms. The lowest BCUT2D eigenvalue weighted by molar-refractivity contribution is -0.133. The Kier molecular flexibility index (Phi) is 7.34. The molecule has 1 N–H and O–H groups in total. The van der Waals surface area contributed by atoms with Crippen LogP contribution in [0.15, 0.2) is 65.1 Å². The zero-order chi connectivity index (χ0) is 22.6. The first kappa shape index (κ1) is 23.2. The maximum Gasteiger partial charge on any atom is 0.333 e. The summed E-state index contributed by atoms with van der Waals surface area (Å²) in [4.78, 5) is 12.3. The van der Waals surface area contributed by atoms with E-state index in [1.807, 2.05) is 38.1 Å². The molecule has 2 aromatic carbocycles. The van der Waals surface area contributed by atoms with E-state index >= 15 is 0 Å². The molecule has 0 radical (unpaired) electrons. The SMILES string of the molecule is CCCCC[C@@H]1C=C(C(=O)O)[C@H](c2ccc(CC)cc2)N1S(=O)(=O)c1ccc(C)cc1. The molecule has 0 spiro atoms. The average Bonchev–Trinajstić information content (AvgIpc) is 3.15. The predicted molar refractivity (Wildman–Crippen MR) is 122 cm³/mol. The van der Waals surface area contributed by atoms with Crippen LogP contribution < -0.4 is 0 Å². The lowest BCUT2D eigenvalue weighted by Crippen LogP contribution is -2.39. The number of carboxylic acids is 1. The third-order valence-corrected chi connectivity index (χ3v) is 7.80. The number of unbranched alkanes of at least 4 members (excludes halogenated alkanes) is 2. The zero-order valence-electron chi connectivity index (χ0n) is 18.4. The molecule has 0 aromatic heterocycles. The van der Waals surface area contributed by atoms with Crippen molar-refractivity contribution in [2.24, 2.45) is 0 Å². The molecule has 0 unspecified atom stereocenters. The summed E-state index contributed by atoms with van der Waals surface area (Å²) in [6.45, 7) is 6.04. The van der Waals surface area contributed by atoms with Crippen molar-refractivity contribution in [3.63, 3.8) is 0 Å². The van der Waals surface area contributed by atoms with Crippen LogP contribution >= 0.6 is 0 Å². The predicted octanol–water partition coefficient (Wildman–Crippen LogP) is 5.26. The van der Waals surface area contributed by atoms with Crippen molar-refractivity contribution in [3.05, 3.63) is 76.9 Å². The van der Waals surface area contributed by atoms with E-state index in [2.05, 4.69) is 6.92 Å². The van der Waals surface area contributed by atoms with E-state index in [0.29, 0.717) is 12.0 Å². The van der Waals surface area contributed by atoms with E-state index in [4.69, 9.17) is 0 Å². The smallest absolute Gasteiger partial charge is 0.333 e. The van der Waals surface area contributed by atoms with Gasteiger partial charge in [-0.2, -0.15) is 4.31 Å². The highest BCUT2D eigenvalue weighted by Crippen LogP contribution is 2.42. The molecule has 2 aromatic rings. The quantitative estimate of drug-likeness (QED) is 0.539. The molecule has 1 aliphatic rings. The Morgan fingerprint density at radius 2 is 1.65 bits per heavy atom. The minimum Gasteiger partial charge on any atom is -0.478 e. The molecule has 0 amide bonds. The topological polar surface area (TPSA) is 74.7 Å². The molecule has 1 aliphatic heterocycles. The van der Waals surface area contributed by atoms with Crippen LogP contribution in [0.1, 0.15) is 62.3 Å². The van der Waals surface area contributed by atoms with Gasteiger partial charge >= 0.3 is 5.97 Å². The second-order valence-electron chi connectivity index (χ2n) is 8.14. The third kappa shape index (κ3) is 4.91. The van der Waals surface area contributed by atoms with E-state index in [-0.39, 0.29) is 10.5 Å². The number of rotatable bonds is 9. The van der Waals surface area contributed by atoms with Gasteiger partial charge in [0.15, 0.2) is 0 Å². The van der Waals surface area contributed by atoms with Gasteiger partial charge in [-0.3, -0.25) is 0 Å². The summed E-state index contributed by atoms with van der Waals surface area (Å²) in [6.07, 6.45) is 5.92. The van der Waals surface area contributed by atoms with Crippen molar-refractivity contribution >= 4 is 16.0 Å². The van der Waals surface area contributed by atoms with Crippen molar-refractivity contribution < 1.29 is 18.3 Å². The van der Waals surface area contributed by atoms with Gasteiger partial charge in [0.25, 0.3) is 0 Å². The minimum absolute atomic E-state index is 0.126. The van der Waals surface area contributed by atoms with Crippen LogP contribution in [0.25, 0.3) is 0 Å². The molecule has 166 valence electrons. The van der Waals surface area contributed by atoms with Crippen molar-refractivity contribution in [1.29, 1.82) is 0 Å². The fourth-order valence-corrected chi connectivity index (χ4v) is 5.87. The fraction of sp³-hybridized carbons (Fsp3) is 0.400. The van der Waals surface area contributed by atoms with Gasteiger partial charge in [0.05, 0.1) is 16.5 Å². The van der Waals surface area contributed by atoms with Gasteiger partial charge in [0, 0.05) is 6.04 Å². The summed E-state index contributed by atoms with van der Waals surface area (Å²) in [6, 6.07) is 13.0. The standard InChI is InChI=1S/C25H31NO4S/c1-4-6-7-8-21-17-23(25(27)28)24(20-13-11-19(5-2)12-14-20)26(21)31(29,30)22-15-9-18(3)10-16-22/h9-17,21,24H,4-8H2,1-3H3,(H,27,28)/t21-,24+/m1/s1. The van der Waals surface area contributed by atoms with E-state index in [1.54, 1.807) is 30.3 Å². The van der Waals surface area contributed by atoms with Crippen LogP contribution in [-0.4, -0.2) is 29.8 Å². The number of nitrogens with zero attached hydrogens (tertiary/aromatic N) is 1. The zero-order valence-corrected chi connectivity index (χ0v) is 19.2. The molecular weight excluding hydrogens is 410 g/mol. The first-order valence-electron chi connectivity index (χ1n) is 10.9. The van der Waals surface area contributed by atoms with Gasteiger partial charge in [0.2, 0.25) is 10.0 Å². The first-order chi connectivity index (χ1) is 14.8. The number of hydrogen-bond acceptors (Lipinski definition) is 3. The van der Waals surface area contributed by atoms with Crippen molar-refractivity contribution in [2.75, 3.05) is 0 Å². The molecule has 0 aliphatic carbocycles. The molecule has 0 saturated carbocycles. The highest BCUT2D eigenvalue weighted by Gasteiger charge is 2.45. The van der Waals surface area contributed by atoms with E-state index in [1.165, 1.54) is 4.31 Å². The number of benzene rings is 2. The number of aryl methyl sites for hydroxylation is 2. The highest BCUT2D eigenvalue weighted by molar-refractivity contribution is 7.89. The Hall–Kier alpha value is -2.44. The number of hydrogen-bond donors (Lipinski definition) is 1. The van der Waals surface area contributed by atoms with Crippen LogP contribution in [0, 0.1) is 6.92 Å². The first-order valence-corrected chi connectivity index (χ1v) is 12.4. The fourth-order valence-electron chi connectivity index (χ4n) is 4.11. The summed E-state index contributed by atoms with van der Waals surface area (Å²) >= 11 is 0. The molecule has 6 heteroatoms. The third-order valence-electron chi connectivity index (χ3n) is 5.90. The minimum atomic E-state index is -3.90. The van der Waals surface area contributed by atoms with Gasteiger partial charge in [0.1, 0.15) is 0 Å². The molecule has 1 heterocycles. The van der Waals surface area contributed by atoms with E-state index in [0.717, 1.165) is 36.8 Å². The van der Waals surface area contributed by atoms with Crippen LogP contribution in [0.5, 0.6) is 0 Å². The van der Waals surface area contributed by atoms with Crippen molar-refractivity contribution in [3.8, 4) is 0 Å². The molecule has 0 saturated heterocycles. The summed E-state index contributed by atoms with van der Waals surface area (Å²) in [5, 5.41) is 9.94.